The van der Waals surface area contributed by atoms with E-state index in [1.54, 1.807) is 6.92 Å². The standard InChI is InChI=1S/C13H18F2N2O/c1-4-16-13(18)7-17-9(3)10-6-11(14)8(2)5-12(10)15/h5-6,9,17H,4,7H2,1-3H3,(H,16,18). The predicted octanol–water partition coefficient (Wildman–Crippen LogP) is 2.06. The lowest BCUT2D eigenvalue weighted by Gasteiger charge is -2.15. The van der Waals surface area contributed by atoms with Gasteiger partial charge in [-0.05, 0) is 38.5 Å². The maximum absolute atomic E-state index is 13.6. The Morgan fingerprint density at radius 2 is 2.00 bits per heavy atom. The van der Waals surface area contributed by atoms with Crippen LogP contribution < -0.4 is 10.6 Å². The molecule has 1 aromatic carbocycles. The first kappa shape index (κ1) is 14.6. The first-order valence-corrected chi connectivity index (χ1v) is 5.91. The molecule has 3 nitrogen and oxygen atoms in total. The average molecular weight is 256 g/mol. The van der Waals surface area contributed by atoms with Crippen LogP contribution in [0, 0.1) is 18.6 Å². The summed E-state index contributed by atoms with van der Waals surface area (Å²) in [6.45, 7) is 5.63. The fourth-order valence-corrected chi connectivity index (χ4v) is 1.61. The van der Waals surface area contributed by atoms with Crippen LogP contribution >= 0.6 is 0 Å². The van der Waals surface area contributed by atoms with Gasteiger partial charge in [-0.3, -0.25) is 4.79 Å². The molecule has 2 N–H and O–H groups in total. The Morgan fingerprint density at radius 3 is 2.61 bits per heavy atom. The van der Waals surface area contributed by atoms with Gasteiger partial charge in [0, 0.05) is 18.2 Å². The zero-order valence-electron chi connectivity index (χ0n) is 10.8. The molecule has 0 saturated heterocycles. The summed E-state index contributed by atoms with van der Waals surface area (Å²) in [7, 11) is 0. The molecule has 0 heterocycles. The second kappa shape index (κ2) is 6.44. The molecule has 1 rings (SSSR count). The molecule has 5 heteroatoms. The minimum absolute atomic E-state index is 0.0734. The van der Waals surface area contributed by atoms with Crippen LogP contribution in [-0.2, 0) is 4.79 Å². The van der Waals surface area contributed by atoms with E-state index in [1.807, 2.05) is 6.92 Å². The summed E-state index contributed by atoms with van der Waals surface area (Å²) < 4.78 is 27.0. The van der Waals surface area contributed by atoms with Crippen molar-refractivity contribution in [2.75, 3.05) is 13.1 Å². The highest BCUT2D eigenvalue weighted by Gasteiger charge is 2.14. The third-order valence-electron chi connectivity index (χ3n) is 2.69. The van der Waals surface area contributed by atoms with Gasteiger partial charge in [-0.1, -0.05) is 0 Å². The molecule has 0 bridgehead atoms. The molecule has 1 unspecified atom stereocenters. The van der Waals surface area contributed by atoms with E-state index >= 15 is 0 Å². The van der Waals surface area contributed by atoms with Gasteiger partial charge in [-0.15, -0.1) is 0 Å². The van der Waals surface area contributed by atoms with Crippen molar-refractivity contribution in [3.05, 3.63) is 34.9 Å². The lowest BCUT2D eigenvalue weighted by molar-refractivity contribution is -0.120. The molecular weight excluding hydrogens is 238 g/mol. The van der Waals surface area contributed by atoms with Gasteiger partial charge in [0.1, 0.15) is 11.6 Å². The molecule has 0 radical (unpaired) electrons. The molecule has 1 aromatic rings. The van der Waals surface area contributed by atoms with Crippen LogP contribution in [0.3, 0.4) is 0 Å². The van der Waals surface area contributed by atoms with Crippen molar-refractivity contribution in [3.63, 3.8) is 0 Å². The Bertz CT molecular complexity index is 435. The molecule has 0 spiro atoms. The quantitative estimate of drug-likeness (QED) is 0.846. The van der Waals surface area contributed by atoms with E-state index in [9.17, 15) is 13.6 Å². The minimum atomic E-state index is -0.468. The summed E-state index contributed by atoms with van der Waals surface area (Å²) in [6, 6.07) is 1.90. The molecule has 100 valence electrons. The molecule has 0 aromatic heterocycles. The van der Waals surface area contributed by atoms with Gasteiger partial charge >= 0.3 is 0 Å². The van der Waals surface area contributed by atoms with Gasteiger partial charge in [0.05, 0.1) is 6.54 Å². The van der Waals surface area contributed by atoms with Gasteiger partial charge in [0.2, 0.25) is 5.91 Å². The van der Waals surface area contributed by atoms with Crippen molar-refractivity contribution < 1.29 is 13.6 Å². The van der Waals surface area contributed by atoms with Crippen molar-refractivity contribution >= 4 is 5.91 Å². The fourth-order valence-electron chi connectivity index (χ4n) is 1.61. The van der Waals surface area contributed by atoms with Gasteiger partial charge < -0.3 is 10.6 Å². The normalized spacial score (nSPS) is 12.3. The van der Waals surface area contributed by atoms with E-state index < -0.39 is 17.7 Å². The summed E-state index contributed by atoms with van der Waals surface area (Å²) in [5.41, 5.74) is 0.495. The van der Waals surface area contributed by atoms with Crippen molar-refractivity contribution in [3.8, 4) is 0 Å². The van der Waals surface area contributed by atoms with Crippen LogP contribution in [0.15, 0.2) is 12.1 Å². The lowest BCUT2D eigenvalue weighted by atomic mass is 10.1. The smallest absolute Gasteiger partial charge is 0.233 e. The van der Waals surface area contributed by atoms with E-state index in [-0.39, 0.29) is 23.6 Å². The molecule has 1 amide bonds. The predicted molar refractivity (Wildman–Crippen MR) is 66.2 cm³/mol. The number of rotatable bonds is 5. The average Bonchev–Trinajstić information content (AvgIpc) is 2.31. The fraction of sp³-hybridized carbons (Fsp3) is 0.462. The molecule has 0 aliphatic carbocycles. The molecule has 1 atom stereocenters. The number of nitrogens with one attached hydrogen (secondary N) is 2. The number of aryl methyl sites for hydroxylation is 1. The maximum atomic E-state index is 13.6. The van der Waals surface area contributed by atoms with Gasteiger partial charge in [-0.2, -0.15) is 0 Å². The zero-order chi connectivity index (χ0) is 13.7. The first-order chi connectivity index (χ1) is 8.45. The van der Waals surface area contributed by atoms with E-state index in [1.165, 1.54) is 13.0 Å². The Balaban J connectivity index is 2.69. The summed E-state index contributed by atoms with van der Waals surface area (Å²) >= 11 is 0. The summed E-state index contributed by atoms with van der Waals surface area (Å²) in [5, 5.41) is 5.47. The highest BCUT2D eigenvalue weighted by molar-refractivity contribution is 5.77. The number of amides is 1. The van der Waals surface area contributed by atoms with Crippen LogP contribution in [0.5, 0.6) is 0 Å². The largest absolute Gasteiger partial charge is 0.355 e. The molecular formula is C13H18F2N2O. The van der Waals surface area contributed by atoms with E-state index in [2.05, 4.69) is 10.6 Å². The van der Waals surface area contributed by atoms with Crippen molar-refractivity contribution in [1.82, 2.24) is 10.6 Å². The Kier molecular flexibility index (Phi) is 5.22. The number of hydrogen-bond donors (Lipinski definition) is 2. The maximum Gasteiger partial charge on any atom is 0.233 e. The second-order valence-electron chi connectivity index (χ2n) is 4.18. The number of carbonyl (C=O) groups is 1. The third kappa shape index (κ3) is 3.77. The van der Waals surface area contributed by atoms with Gasteiger partial charge in [-0.25, -0.2) is 8.78 Å². The monoisotopic (exact) mass is 256 g/mol. The van der Waals surface area contributed by atoms with Crippen LogP contribution in [0.25, 0.3) is 0 Å². The van der Waals surface area contributed by atoms with Crippen molar-refractivity contribution in [1.29, 1.82) is 0 Å². The zero-order valence-corrected chi connectivity index (χ0v) is 10.8. The number of halogens is 2. The Morgan fingerprint density at radius 1 is 1.33 bits per heavy atom. The van der Waals surface area contributed by atoms with E-state index in [4.69, 9.17) is 0 Å². The van der Waals surface area contributed by atoms with Crippen molar-refractivity contribution in [2.45, 2.75) is 26.8 Å². The van der Waals surface area contributed by atoms with Crippen LogP contribution in [0.4, 0.5) is 8.78 Å². The third-order valence-corrected chi connectivity index (χ3v) is 2.69. The van der Waals surface area contributed by atoms with Crippen LogP contribution in [0.2, 0.25) is 0 Å². The number of likely N-dealkylation sites (N-methyl/N-ethyl adjacent to an activating group) is 1. The van der Waals surface area contributed by atoms with Gasteiger partial charge in [0.25, 0.3) is 0 Å². The summed E-state index contributed by atoms with van der Waals surface area (Å²) in [5.74, 6) is -1.08. The number of carbonyl (C=O) groups excluding carboxylic acids is 1. The molecule has 0 saturated carbocycles. The van der Waals surface area contributed by atoms with Gasteiger partial charge in [0.15, 0.2) is 0 Å². The highest BCUT2D eigenvalue weighted by atomic mass is 19.1. The molecule has 0 aliphatic rings. The lowest BCUT2D eigenvalue weighted by Crippen LogP contribution is -2.35. The van der Waals surface area contributed by atoms with Crippen LogP contribution in [0.1, 0.15) is 31.0 Å². The van der Waals surface area contributed by atoms with E-state index in [0.717, 1.165) is 6.07 Å². The van der Waals surface area contributed by atoms with E-state index in [0.29, 0.717) is 6.54 Å². The Labute approximate surface area is 106 Å². The van der Waals surface area contributed by atoms with Crippen molar-refractivity contribution in [2.24, 2.45) is 0 Å². The first-order valence-electron chi connectivity index (χ1n) is 5.91. The topological polar surface area (TPSA) is 41.1 Å². The SMILES string of the molecule is CCNC(=O)CNC(C)c1cc(F)c(C)cc1F. The second-order valence-corrected chi connectivity index (χ2v) is 4.18. The van der Waals surface area contributed by atoms with Crippen LogP contribution in [-0.4, -0.2) is 19.0 Å². The highest BCUT2D eigenvalue weighted by Crippen LogP contribution is 2.20. The number of benzene rings is 1. The molecule has 0 aliphatic heterocycles. The minimum Gasteiger partial charge on any atom is -0.355 e. The molecule has 18 heavy (non-hydrogen) atoms. The molecule has 0 fully saturated rings. The number of hydrogen-bond acceptors (Lipinski definition) is 2. The Hall–Kier alpha value is -1.49. The summed E-state index contributed by atoms with van der Waals surface area (Å²) in [6.07, 6.45) is 0. The summed E-state index contributed by atoms with van der Waals surface area (Å²) in [4.78, 5) is 11.2.